The molecule has 0 aromatic carbocycles. The van der Waals surface area contributed by atoms with Crippen molar-refractivity contribution in [1.29, 1.82) is 0 Å². The summed E-state index contributed by atoms with van der Waals surface area (Å²) in [5.74, 6) is 0.138. The zero-order chi connectivity index (χ0) is 12.0. The van der Waals surface area contributed by atoms with E-state index >= 15 is 0 Å². The molecule has 6 heteroatoms. The molecule has 1 amide bonds. The first-order chi connectivity index (χ1) is 7.65. The third kappa shape index (κ3) is 3.88. The van der Waals surface area contributed by atoms with E-state index < -0.39 is 0 Å². The van der Waals surface area contributed by atoms with Crippen LogP contribution >= 0.6 is 0 Å². The number of carbonyl (C=O) groups excluding carboxylic acids is 1. The van der Waals surface area contributed by atoms with E-state index in [2.05, 4.69) is 29.2 Å². The average molecular weight is 225 g/mol. The molecule has 6 nitrogen and oxygen atoms in total. The number of hydrogen-bond donors (Lipinski definition) is 2. The molecule has 0 fully saturated rings. The van der Waals surface area contributed by atoms with Crippen molar-refractivity contribution >= 4 is 11.9 Å². The number of anilines is 1. The standard InChI is InChI=1S/C10H19N5O/c1-3-5-8(4-2)13-9(16)6-15-7-12-10(11)14-15/h7-8H,3-6H2,1-2H3,(H2,11,14)(H,13,16). The number of nitrogens with two attached hydrogens (primary N) is 1. The molecule has 0 aliphatic heterocycles. The third-order valence-corrected chi connectivity index (χ3v) is 2.35. The zero-order valence-corrected chi connectivity index (χ0v) is 9.81. The van der Waals surface area contributed by atoms with E-state index in [4.69, 9.17) is 5.73 Å². The molecule has 16 heavy (non-hydrogen) atoms. The summed E-state index contributed by atoms with van der Waals surface area (Å²) in [6, 6.07) is 0.248. The fourth-order valence-electron chi connectivity index (χ4n) is 1.53. The second kappa shape index (κ2) is 6.09. The number of aromatic nitrogens is 3. The predicted molar refractivity (Wildman–Crippen MR) is 61.6 cm³/mol. The molecule has 0 aliphatic carbocycles. The van der Waals surface area contributed by atoms with Crippen molar-refractivity contribution in [1.82, 2.24) is 20.1 Å². The first-order valence-electron chi connectivity index (χ1n) is 5.60. The molecule has 1 heterocycles. The molecule has 1 aromatic rings. The molecule has 0 saturated heterocycles. The van der Waals surface area contributed by atoms with E-state index in [1.807, 2.05) is 0 Å². The summed E-state index contributed by atoms with van der Waals surface area (Å²) in [4.78, 5) is 15.4. The van der Waals surface area contributed by atoms with E-state index in [0.29, 0.717) is 0 Å². The van der Waals surface area contributed by atoms with Gasteiger partial charge in [-0.1, -0.05) is 20.3 Å². The summed E-state index contributed by atoms with van der Waals surface area (Å²) in [5.41, 5.74) is 5.35. The minimum absolute atomic E-state index is 0.0507. The topological polar surface area (TPSA) is 85.8 Å². The highest BCUT2D eigenvalue weighted by atomic mass is 16.2. The Balaban J connectivity index is 2.40. The Morgan fingerprint density at radius 2 is 2.38 bits per heavy atom. The van der Waals surface area contributed by atoms with Gasteiger partial charge in [0.2, 0.25) is 11.9 Å². The summed E-state index contributed by atoms with van der Waals surface area (Å²) in [6.07, 6.45) is 4.46. The van der Waals surface area contributed by atoms with Gasteiger partial charge < -0.3 is 11.1 Å². The number of nitrogens with zero attached hydrogens (tertiary/aromatic N) is 3. The van der Waals surface area contributed by atoms with Crippen LogP contribution in [0.4, 0.5) is 5.95 Å². The predicted octanol–water partition coefficient (Wildman–Crippen LogP) is 0.555. The Kier molecular flexibility index (Phi) is 4.75. The molecule has 0 spiro atoms. The van der Waals surface area contributed by atoms with E-state index in [1.165, 1.54) is 11.0 Å². The fourth-order valence-corrected chi connectivity index (χ4v) is 1.53. The van der Waals surface area contributed by atoms with Crippen LogP contribution in [-0.2, 0) is 11.3 Å². The molecule has 1 unspecified atom stereocenters. The van der Waals surface area contributed by atoms with Gasteiger partial charge in [0.05, 0.1) is 0 Å². The van der Waals surface area contributed by atoms with Gasteiger partial charge in [-0.3, -0.25) is 4.79 Å². The monoisotopic (exact) mass is 225 g/mol. The summed E-state index contributed by atoms with van der Waals surface area (Å²) in [5, 5.41) is 6.81. The zero-order valence-electron chi connectivity index (χ0n) is 9.81. The highest BCUT2D eigenvalue weighted by Crippen LogP contribution is 2.01. The lowest BCUT2D eigenvalue weighted by Crippen LogP contribution is -2.36. The molecule has 0 saturated carbocycles. The average Bonchev–Trinajstić information content (AvgIpc) is 2.63. The summed E-state index contributed by atoms with van der Waals surface area (Å²) >= 11 is 0. The van der Waals surface area contributed by atoms with Crippen molar-refractivity contribution < 1.29 is 4.79 Å². The second-order valence-electron chi connectivity index (χ2n) is 3.76. The maximum absolute atomic E-state index is 11.6. The van der Waals surface area contributed by atoms with E-state index in [9.17, 15) is 4.79 Å². The van der Waals surface area contributed by atoms with Crippen molar-refractivity contribution in [3.63, 3.8) is 0 Å². The van der Waals surface area contributed by atoms with Crippen LogP contribution in [0.5, 0.6) is 0 Å². The van der Waals surface area contributed by atoms with Gasteiger partial charge in [0.1, 0.15) is 12.9 Å². The lowest BCUT2D eigenvalue weighted by molar-refractivity contribution is -0.122. The number of nitrogen functional groups attached to an aromatic ring is 1. The molecular weight excluding hydrogens is 206 g/mol. The number of hydrogen-bond acceptors (Lipinski definition) is 4. The van der Waals surface area contributed by atoms with Crippen LogP contribution in [0.2, 0.25) is 0 Å². The van der Waals surface area contributed by atoms with Gasteiger partial charge >= 0.3 is 0 Å². The molecule has 0 aliphatic rings. The van der Waals surface area contributed by atoms with E-state index in [1.54, 1.807) is 0 Å². The van der Waals surface area contributed by atoms with Crippen LogP contribution in [0.3, 0.4) is 0 Å². The molecule has 0 bridgehead atoms. The van der Waals surface area contributed by atoms with Crippen molar-refractivity contribution in [3.8, 4) is 0 Å². The lowest BCUT2D eigenvalue weighted by atomic mass is 10.1. The van der Waals surface area contributed by atoms with Gasteiger partial charge in [-0.05, 0) is 12.8 Å². The minimum atomic E-state index is -0.0507. The van der Waals surface area contributed by atoms with Gasteiger partial charge in [0.15, 0.2) is 0 Å². The molecule has 3 N–H and O–H groups in total. The molecule has 1 aromatic heterocycles. The Hall–Kier alpha value is -1.59. The largest absolute Gasteiger partial charge is 0.367 e. The van der Waals surface area contributed by atoms with Gasteiger partial charge in [-0.2, -0.15) is 0 Å². The van der Waals surface area contributed by atoms with Crippen molar-refractivity contribution in [3.05, 3.63) is 6.33 Å². The molecule has 1 atom stereocenters. The normalized spacial score (nSPS) is 12.4. The van der Waals surface area contributed by atoms with Gasteiger partial charge in [-0.15, -0.1) is 5.10 Å². The SMILES string of the molecule is CCCC(CC)NC(=O)Cn1cnc(N)n1. The second-order valence-corrected chi connectivity index (χ2v) is 3.76. The smallest absolute Gasteiger partial charge is 0.242 e. The maximum Gasteiger partial charge on any atom is 0.242 e. The molecular formula is C10H19N5O. The maximum atomic E-state index is 11.6. The van der Waals surface area contributed by atoms with E-state index in [-0.39, 0.29) is 24.4 Å². The van der Waals surface area contributed by atoms with Crippen LogP contribution in [0.1, 0.15) is 33.1 Å². The highest BCUT2D eigenvalue weighted by Gasteiger charge is 2.10. The van der Waals surface area contributed by atoms with E-state index in [0.717, 1.165) is 19.3 Å². The Morgan fingerprint density at radius 3 is 2.88 bits per heavy atom. The minimum Gasteiger partial charge on any atom is -0.367 e. The Labute approximate surface area is 95.2 Å². The lowest BCUT2D eigenvalue weighted by Gasteiger charge is -2.15. The van der Waals surface area contributed by atoms with Gasteiger partial charge in [0.25, 0.3) is 0 Å². The van der Waals surface area contributed by atoms with Crippen LogP contribution in [0.15, 0.2) is 6.33 Å². The van der Waals surface area contributed by atoms with Crippen LogP contribution < -0.4 is 11.1 Å². The fraction of sp³-hybridized carbons (Fsp3) is 0.700. The number of carbonyl (C=O) groups is 1. The molecule has 1 rings (SSSR count). The Bertz CT molecular complexity index is 336. The van der Waals surface area contributed by atoms with Gasteiger partial charge in [0, 0.05) is 6.04 Å². The Morgan fingerprint density at radius 1 is 1.62 bits per heavy atom. The summed E-state index contributed by atoms with van der Waals surface area (Å²) in [6.45, 7) is 4.34. The number of nitrogens with one attached hydrogen (secondary N) is 1. The van der Waals surface area contributed by atoms with Crippen LogP contribution in [0, 0.1) is 0 Å². The number of amides is 1. The van der Waals surface area contributed by atoms with Crippen molar-refractivity contribution in [2.24, 2.45) is 0 Å². The van der Waals surface area contributed by atoms with Crippen LogP contribution in [0.25, 0.3) is 0 Å². The van der Waals surface area contributed by atoms with Gasteiger partial charge in [-0.25, -0.2) is 9.67 Å². The first-order valence-corrected chi connectivity index (χ1v) is 5.60. The quantitative estimate of drug-likeness (QED) is 0.740. The number of rotatable bonds is 6. The summed E-state index contributed by atoms with van der Waals surface area (Å²) < 4.78 is 1.43. The van der Waals surface area contributed by atoms with Crippen molar-refractivity contribution in [2.45, 2.75) is 45.7 Å². The summed E-state index contributed by atoms with van der Waals surface area (Å²) in [7, 11) is 0. The third-order valence-electron chi connectivity index (χ3n) is 2.35. The molecule has 90 valence electrons. The van der Waals surface area contributed by atoms with Crippen LogP contribution in [-0.4, -0.2) is 26.7 Å². The first kappa shape index (κ1) is 12.5. The van der Waals surface area contributed by atoms with Crippen molar-refractivity contribution in [2.75, 3.05) is 5.73 Å². The highest BCUT2D eigenvalue weighted by molar-refractivity contribution is 5.75. The molecule has 0 radical (unpaired) electrons.